The lowest BCUT2D eigenvalue weighted by Gasteiger charge is -2.25. The van der Waals surface area contributed by atoms with Crippen molar-refractivity contribution >= 4 is 0 Å². The van der Waals surface area contributed by atoms with Gasteiger partial charge in [0, 0.05) is 11.9 Å². The highest BCUT2D eigenvalue weighted by molar-refractivity contribution is 5.17. The minimum atomic E-state index is 0.222. The van der Waals surface area contributed by atoms with Gasteiger partial charge in [0.2, 0.25) is 0 Å². The van der Waals surface area contributed by atoms with Crippen LogP contribution in [0.25, 0.3) is 0 Å². The van der Waals surface area contributed by atoms with Crippen molar-refractivity contribution in [2.75, 3.05) is 0 Å². The molecule has 0 aromatic carbocycles. The number of hydrogen-bond acceptors (Lipinski definition) is 3. The second-order valence-electron chi connectivity index (χ2n) is 4.69. The Morgan fingerprint density at radius 1 is 1.35 bits per heavy atom. The van der Waals surface area contributed by atoms with Crippen molar-refractivity contribution in [1.29, 1.82) is 0 Å². The van der Waals surface area contributed by atoms with E-state index in [2.05, 4.69) is 30.3 Å². The highest BCUT2D eigenvalue weighted by atomic mass is 15.2. The van der Waals surface area contributed by atoms with E-state index in [1.807, 2.05) is 19.2 Å². The molecule has 2 atom stereocenters. The highest BCUT2D eigenvalue weighted by Gasteiger charge is 2.20. The molecule has 0 bridgehead atoms. The molecule has 0 saturated carbocycles. The molecule has 2 unspecified atom stereocenters. The Morgan fingerprint density at radius 2 is 2.12 bits per heavy atom. The number of nitrogens with zero attached hydrogens (tertiary/aromatic N) is 1. The summed E-state index contributed by atoms with van der Waals surface area (Å²) < 4.78 is 0. The number of pyridine rings is 1. The van der Waals surface area contributed by atoms with Crippen LogP contribution < -0.4 is 11.3 Å². The first-order valence-electron chi connectivity index (χ1n) is 6.61. The van der Waals surface area contributed by atoms with Crippen LogP contribution in [0.5, 0.6) is 0 Å². The van der Waals surface area contributed by atoms with Crippen molar-refractivity contribution < 1.29 is 0 Å². The summed E-state index contributed by atoms with van der Waals surface area (Å²) >= 11 is 0. The summed E-state index contributed by atoms with van der Waals surface area (Å²) in [6, 6.07) is 4.40. The van der Waals surface area contributed by atoms with Crippen molar-refractivity contribution in [3.8, 4) is 0 Å². The van der Waals surface area contributed by atoms with Gasteiger partial charge in [0.05, 0.1) is 6.04 Å². The lowest BCUT2D eigenvalue weighted by atomic mass is 9.88. The summed E-state index contributed by atoms with van der Waals surface area (Å²) in [6.45, 7) is 6.46. The number of aryl methyl sites for hydroxylation is 1. The summed E-state index contributed by atoms with van der Waals surface area (Å²) in [4.78, 5) is 4.35. The molecular weight excluding hydrogens is 210 g/mol. The fourth-order valence-electron chi connectivity index (χ4n) is 2.24. The van der Waals surface area contributed by atoms with E-state index < -0.39 is 0 Å². The van der Waals surface area contributed by atoms with Crippen LogP contribution in [-0.4, -0.2) is 4.98 Å². The second kappa shape index (κ2) is 7.41. The highest BCUT2D eigenvalue weighted by Crippen LogP contribution is 2.28. The third-order valence-electron chi connectivity index (χ3n) is 3.40. The van der Waals surface area contributed by atoms with Crippen LogP contribution in [0.3, 0.4) is 0 Å². The smallest absolute Gasteiger partial charge is 0.0503 e. The molecule has 0 radical (unpaired) electrons. The molecule has 1 aromatic rings. The van der Waals surface area contributed by atoms with Gasteiger partial charge in [-0.05, 0) is 30.9 Å². The first-order chi connectivity index (χ1) is 8.22. The van der Waals surface area contributed by atoms with Crippen LogP contribution in [0.15, 0.2) is 18.3 Å². The molecule has 3 N–H and O–H groups in total. The van der Waals surface area contributed by atoms with Gasteiger partial charge in [0.1, 0.15) is 0 Å². The molecule has 1 rings (SSSR count). The first kappa shape index (κ1) is 14.1. The zero-order valence-corrected chi connectivity index (χ0v) is 11.2. The fourth-order valence-corrected chi connectivity index (χ4v) is 2.24. The van der Waals surface area contributed by atoms with E-state index in [9.17, 15) is 0 Å². The Hall–Kier alpha value is -0.930. The summed E-state index contributed by atoms with van der Waals surface area (Å²) in [5.41, 5.74) is 5.20. The van der Waals surface area contributed by atoms with Crippen LogP contribution in [0.4, 0.5) is 0 Å². The Morgan fingerprint density at radius 3 is 2.59 bits per heavy atom. The quantitative estimate of drug-likeness (QED) is 0.564. The van der Waals surface area contributed by atoms with Gasteiger partial charge >= 0.3 is 0 Å². The second-order valence-corrected chi connectivity index (χ2v) is 4.69. The number of nitrogens with two attached hydrogens (primary N) is 1. The summed E-state index contributed by atoms with van der Waals surface area (Å²) in [7, 11) is 0. The molecular formula is C14H25N3. The number of rotatable bonds is 7. The van der Waals surface area contributed by atoms with Gasteiger partial charge in [0.25, 0.3) is 0 Å². The topological polar surface area (TPSA) is 50.9 Å². The molecule has 0 saturated heterocycles. The molecule has 0 spiro atoms. The summed E-state index contributed by atoms with van der Waals surface area (Å²) in [6.07, 6.45) is 6.79. The number of aromatic nitrogens is 1. The molecule has 0 aliphatic heterocycles. The summed E-state index contributed by atoms with van der Waals surface area (Å²) in [5.74, 6) is 6.30. The summed E-state index contributed by atoms with van der Waals surface area (Å²) in [5, 5.41) is 0. The zero-order valence-electron chi connectivity index (χ0n) is 11.2. The van der Waals surface area contributed by atoms with E-state index in [-0.39, 0.29) is 6.04 Å². The Balaban J connectivity index is 2.77. The van der Waals surface area contributed by atoms with E-state index in [0.717, 1.165) is 12.1 Å². The molecule has 0 aliphatic rings. The van der Waals surface area contributed by atoms with Crippen LogP contribution in [0.2, 0.25) is 0 Å². The van der Waals surface area contributed by atoms with Crippen LogP contribution >= 0.6 is 0 Å². The van der Waals surface area contributed by atoms with Crippen LogP contribution in [0, 0.1) is 12.8 Å². The normalized spacial score (nSPS) is 14.6. The van der Waals surface area contributed by atoms with Gasteiger partial charge in [-0.2, -0.15) is 0 Å². The predicted octanol–water partition coefficient (Wildman–Crippen LogP) is 3.11. The average Bonchev–Trinajstić information content (AvgIpc) is 2.36. The standard InChI is InChI=1S/C14H25N3/c1-4-6-7-12(5-2)14(17-15)13-9-8-11(3)16-10-13/h8-10,12,14,17H,4-7,15H2,1-3H3. The maximum Gasteiger partial charge on any atom is 0.0503 e. The third kappa shape index (κ3) is 4.10. The Labute approximate surface area is 105 Å². The first-order valence-corrected chi connectivity index (χ1v) is 6.61. The van der Waals surface area contributed by atoms with Crippen molar-refractivity contribution in [2.45, 2.75) is 52.5 Å². The number of hydrogen-bond donors (Lipinski definition) is 2. The van der Waals surface area contributed by atoms with Crippen molar-refractivity contribution in [3.05, 3.63) is 29.6 Å². The Kier molecular flexibility index (Phi) is 6.16. The molecule has 96 valence electrons. The number of hydrazine groups is 1. The average molecular weight is 235 g/mol. The monoisotopic (exact) mass is 235 g/mol. The van der Waals surface area contributed by atoms with Crippen molar-refractivity contribution in [2.24, 2.45) is 11.8 Å². The molecule has 0 fully saturated rings. The Bertz CT molecular complexity index is 308. The molecule has 0 aliphatic carbocycles. The van der Waals surface area contributed by atoms with E-state index in [1.54, 1.807) is 0 Å². The third-order valence-corrected chi connectivity index (χ3v) is 3.40. The largest absolute Gasteiger partial charge is 0.271 e. The molecule has 1 aromatic heterocycles. The lowest BCUT2D eigenvalue weighted by Crippen LogP contribution is -2.33. The maximum atomic E-state index is 5.71. The van der Waals surface area contributed by atoms with Gasteiger partial charge in [-0.3, -0.25) is 16.3 Å². The molecule has 3 heteroatoms. The van der Waals surface area contributed by atoms with Gasteiger partial charge in [-0.25, -0.2) is 0 Å². The molecule has 1 heterocycles. The SMILES string of the molecule is CCCCC(CC)C(NN)c1ccc(C)nc1. The van der Waals surface area contributed by atoms with Gasteiger partial charge in [0.15, 0.2) is 0 Å². The van der Waals surface area contributed by atoms with E-state index in [1.165, 1.54) is 24.8 Å². The number of nitrogens with one attached hydrogen (secondary N) is 1. The van der Waals surface area contributed by atoms with Crippen molar-refractivity contribution in [3.63, 3.8) is 0 Å². The lowest BCUT2D eigenvalue weighted by molar-refractivity contribution is 0.326. The molecule has 3 nitrogen and oxygen atoms in total. The number of unbranched alkanes of at least 4 members (excludes halogenated alkanes) is 1. The minimum absolute atomic E-state index is 0.222. The maximum absolute atomic E-state index is 5.71. The fraction of sp³-hybridized carbons (Fsp3) is 0.643. The molecule has 17 heavy (non-hydrogen) atoms. The zero-order chi connectivity index (χ0) is 12.7. The van der Waals surface area contributed by atoms with E-state index in [0.29, 0.717) is 5.92 Å². The van der Waals surface area contributed by atoms with E-state index in [4.69, 9.17) is 5.84 Å². The van der Waals surface area contributed by atoms with Crippen LogP contribution in [-0.2, 0) is 0 Å². The van der Waals surface area contributed by atoms with Crippen LogP contribution in [0.1, 0.15) is 56.8 Å². The van der Waals surface area contributed by atoms with Gasteiger partial charge < -0.3 is 0 Å². The van der Waals surface area contributed by atoms with Gasteiger partial charge in [-0.1, -0.05) is 39.2 Å². The minimum Gasteiger partial charge on any atom is -0.271 e. The van der Waals surface area contributed by atoms with Crippen molar-refractivity contribution in [1.82, 2.24) is 10.4 Å². The van der Waals surface area contributed by atoms with E-state index >= 15 is 0 Å². The predicted molar refractivity (Wildman–Crippen MR) is 72.3 cm³/mol. The molecule has 0 amide bonds. The van der Waals surface area contributed by atoms with Gasteiger partial charge in [-0.15, -0.1) is 0 Å².